The molecule has 4 N–H and O–H groups in total. The minimum atomic E-state index is -4.65. The summed E-state index contributed by atoms with van der Waals surface area (Å²) in [4.78, 5) is 23.0. The first-order valence-corrected chi connectivity index (χ1v) is 5.66. The zero-order chi connectivity index (χ0) is 15.5. The topological polar surface area (TPSA) is 84.2 Å². The number of likely N-dealkylation sites (N-methyl/N-ethyl adjacent to an activating group) is 1. The number of alkyl halides is 3. The lowest BCUT2D eigenvalue weighted by Crippen LogP contribution is -2.43. The highest BCUT2D eigenvalue weighted by Crippen LogP contribution is 2.33. The molecule has 0 spiro atoms. The second-order valence-corrected chi connectivity index (χ2v) is 4.11. The summed E-state index contributed by atoms with van der Waals surface area (Å²) in [6, 6.07) is 1.96. The van der Waals surface area contributed by atoms with Gasteiger partial charge in [0.2, 0.25) is 5.91 Å². The SMILES string of the molecule is CNC(=O)C(C)NC(=O)c1ccc(N)c(C(F)(F)F)c1. The lowest BCUT2D eigenvalue weighted by molar-refractivity contribution is -0.137. The second kappa shape index (κ2) is 5.81. The first-order chi connectivity index (χ1) is 9.16. The minimum absolute atomic E-state index is 0.220. The molecule has 0 saturated heterocycles. The van der Waals surface area contributed by atoms with E-state index >= 15 is 0 Å². The Bertz CT molecular complexity index is 529. The van der Waals surface area contributed by atoms with Crippen molar-refractivity contribution in [1.82, 2.24) is 10.6 Å². The molecule has 2 amide bonds. The van der Waals surface area contributed by atoms with Crippen LogP contribution in [0.25, 0.3) is 0 Å². The van der Waals surface area contributed by atoms with Gasteiger partial charge in [-0.25, -0.2) is 0 Å². The van der Waals surface area contributed by atoms with E-state index in [9.17, 15) is 22.8 Å². The molecule has 0 heterocycles. The Morgan fingerprint density at radius 2 is 1.90 bits per heavy atom. The molecule has 1 aromatic carbocycles. The summed E-state index contributed by atoms with van der Waals surface area (Å²) in [6.07, 6.45) is -4.65. The van der Waals surface area contributed by atoms with Crippen molar-refractivity contribution in [3.05, 3.63) is 29.3 Å². The fraction of sp³-hybridized carbons (Fsp3) is 0.333. The van der Waals surface area contributed by atoms with Crippen LogP contribution in [0.5, 0.6) is 0 Å². The first-order valence-electron chi connectivity index (χ1n) is 5.66. The molecule has 0 aliphatic carbocycles. The molecule has 1 rings (SSSR count). The summed E-state index contributed by atoms with van der Waals surface area (Å²) in [7, 11) is 1.38. The zero-order valence-corrected chi connectivity index (χ0v) is 10.8. The number of nitrogens with one attached hydrogen (secondary N) is 2. The highest BCUT2D eigenvalue weighted by Gasteiger charge is 2.33. The van der Waals surface area contributed by atoms with E-state index in [1.807, 2.05) is 0 Å². The van der Waals surface area contributed by atoms with Gasteiger partial charge in [-0.1, -0.05) is 0 Å². The molecule has 5 nitrogen and oxygen atoms in total. The second-order valence-electron chi connectivity index (χ2n) is 4.11. The molecule has 8 heteroatoms. The minimum Gasteiger partial charge on any atom is -0.398 e. The molecule has 0 radical (unpaired) electrons. The van der Waals surface area contributed by atoms with Crippen LogP contribution in [0.2, 0.25) is 0 Å². The van der Waals surface area contributed by atoms with Gasteiger partial charge in [-0.05, 0) is 25.1 Å². The van der Waals surface area contributed by atoms with Gasteiger partial charge < -0.3 is 16.4 Å². The van der Waals surface area contributed by atoms with Gasteiger partial charge in [0.05, 0.1) is 5.56 Å². The third-order valence-corrected chi connectivity index (χ3v) is 2.61. The number of anilines is 1. The Labute approximate surface area is 113 Å². The number of halogens is 3. The summed E-state index contributed by atoms with van der Waals surface area (Å²) in [5.74, 6) is -1.24. The Balaban J connectivity index is 2.98. The Kier molecular flexibility index (Phi) is 4.59. The summed E-state index contributed by atoms with van der Waals surface area (Å²) >= 11 is 0. The Morgan fingerprint density at radius 3 is 2.40 bits per heavy atom. The smallest absolute Gasteiger partial charge is 0.398 e. The van der Waals surface area contributed by atoms with Crippen LogP contribution < -0.4 is 16.4 Å². The standard InChI is InChI=1S/C12H14F3N3O2/c1-6(10(19)17-2)18-11(20)7-3-4-9(16)8(5-7)12(13,14)15/h3-6H,16H2,1-2H3,(H,17,19)(H,18,20). The van der Waals surface area contributed by atoms with Gasteiger partial charge in [0.25, 0.3) is 5.91 Å². The average molecular weight is 289 g/mol. The maximum Gasteiger partial charge on any atom is 0.418 e. The van der Waals surface area contributed by atoms with E-state index in [1.165, 1.54) is 14.0 Å². The van der Waals surface area contributed by atoms with Crippen molar-refractivity contribution in [2.45, 2.75) is 19.1 Å². The monoisotopic (exact) mass is 289 g/mol. The zero-order valence-electron chi connectivity index (χ0n) is 10.8. The molecule has 1 unspecified atom stereocenters. The molecule has 0 bridgehead atoms. The van der Waals surface area contributed by atoms with Crippen LogP contribution in [0.3, 0.4) is 0 Å². The predicted molar refractivity (Wildman–Crippen MR) is 66.9 cm³/mol. The number of nitrogens with two attached hydrogens (primary N) is 1. The van der Waals surface area contributed by atoms with Gasteiger partial charge in [0, 0.05) is 18.3 Å². The van der Waals surface area contributed by atoms with Crippen molar-refractivity contribution in [2.24, 2.45) is 0 Å². The van der Waals surface area contributed by atoms with Gasteiger partial charge in [-0.15, -0.1) is 0 Å². The molecule has 0 aliphatic heterocycles. The van der Waals surface area contributed by atoms with Crippen molar-refractivity contribution in [3.63, 3.8) is 0 Å². The van der Waals surface area contributed by atoms with Gasteiger partial charge in [-0.3, -0.25) is 9.59 Å². The maximum atomic E-state index is 12.7. The molecule has 110 valence electrons. The number of hydrogen-bond donors (Lipinski definition) is 3. The summed E-state index contributed by atoms with van der Waals surface area (Å²) < 4.78 is 38.0. The van der Waals surface area contributed by atoms with Crippen molar-refractivity contribution in [2.75, 3.05) is 12.8 Å². The predicted octanol–water partition coefficient (Wildman–Crippen LogP) is 1.15. The Hall–Kier alpha value is -2.25. The summed E-state index contributed by atoms with van der Waals surface area (Å²) in [6.45, 7) is 1.42. The fourth-order valence-electron chi connectivity index (χ4n) is 1.51. The van der Waals surface area contributed by atoms with Gasteiger partial charge >= 0.3 is 6.18 Å². The van der Waals surface area contributed by atoms with E-state index in [2.05, 4.69) is 10.6 Å². The number of rotatable bonds is 3. The highest BCUT2D eigenvalue weighted by molar-refractivity contribution is 5.97. The van der Waals surface area contributed by atoms with E-state index in [4.69, 9.17) is 5.73 Å². The lowest BCUT2D eigenvalue weighted by Gasteiger charge is -2.14. The fourth-order valence-corrected chi connectivity index (χ4v) is 1.51. The molecule has 1 atom stereocenters. The molecule has 20 heavy (non-hydrogen) atoms. The van der Waals surface area contributed by atoms with E-state index in [0.29, 0.717) is 6.07 Å². The van der Waals surface area contributed by atoms with Crippen molar-refractivity contribution in [3.8, 4) is 0 Å². The summed E-state index contributed by atoms with van der Waals surface area (Å²) in [5.41, 5.74) is 3.46. The molecule has 0 aliphatic rings. The number of benzene rings is 1. The highest BCUT2D eigenvalue weighted by atomic mass is 19.4. The molecule has 0 fully saturated rings. The Morgan fingerprint density at radius 1 is 1.30 bits per heavy atom. The molecular weight excluding hydrogens is 275 g/mol. The maximum absolute atomic E-state index is 12.7. The summed E-state index contributed by atoms with van der Waals surface area (Å²) in [5, 5.41) is 4.60. The van der Waals surface area contributed by atoms with E-state index in [1.54, 1.807) is 0 Å². The van der Waals surface area contributed by atoms with Crippen LogP contribution in [-0.2, 0) is 11.0 Å². The van der Waals surface area contributed by atoms with Crippen LogP contribution in [-0.4, -0.2) is 24.9 Å². The number of amides is 2. The molecule has 1 aromatic rings. The van der Waals surface area contributed by atoms with Crippen LogP contribution in [0.1, 0.15) is 22.8 Å². The third-order valence-electron chi connectivity index (χ3n) is 2.61. The van der Waals surface area contributed by atoms with E-state index in [0.717, 1.165) is 12.1 Å². The lowest BCUT2D eigenvalue weighted by atomic mass is 10.1. The van der Waals surface area contributed by atoms with Crippen molar-refractivity contribution in [1.29, 1.82) is 0 Å². The quantitative estimate of drug-likeness (QED) is 0.730. The third kappa shape index (κ3) is 3.62. The van der Waals surface area contributed by atoms with Gasteiger partial charge in [-0.2, -0.15) is 13.2 Å². The van der Waals surface area contributed by atoms with Gasteiger partial charge in [0.15, 0.2) is 0 Å². The molecule has 0 saturated carbocycles. The number of carbonyl (C=O) groups is 2. The van der Waals surface area contributed by atoms with Crippen LogP contribution in [0.4, 0.5) is 18.9 Å². The molecule has 0 aromatic heterocycles. The average Bonchev–Trinajstić information content (AvgIpc) is 2.36. The van der Waals surface area contributed by atoms with Crippen molar-refractivity contribution < 1.29 is 22.8 Å². The molecular formula is C12H14F3N3O2. The number of hydrogen-bond acceptors (Lipinski definition) is 3. The normalized spacial score (nSPS) is 12.7. The van der Waals surface area contributed by atoms with Crippen LogP contribution in [0, 0.1) is 0 Å². The first kappa shape index (κ1) is 15.8. The number of carbonyl (C=O) groups excluding carboxylic acids is 2. The van der Waals surface area contributed by atoms with E-state index in [-0.39, 0.29) is 5.56 Å². The largest absolute Gasteiger partial charge is 0.418 e. The van der Waals surface area contributed by atoms with Crippen molar-refractivity contribution >= 4 is 17.5 Å². The van der Waals surface area contributed by atoms with Gasteiger partial charge in [0.1, 0.15) is 6.04 Å². The van der Waals surface area contributed by atoms with Crippen LogP contribution in [0.15, 0.2) is 18.2 Å². The van der Waals surface area contributed by atoms with E-state index < -0.39 is 35.3 Å². The number of nitrogen functional groups attached to an aromatic ring is 1. The van der Waals surface area contributed by atoms with Crippen LogP contribution >= 0.6 is 0 Å².